The summed E-state index contributed by atoms with van der Waals surface area (Å²) in [4.78, 5) is 2.24. The fourth-order valence-electron chi connectivity index (χ4n) is 1.99. The summed E-state index contributed by atoms with van der Waals surface area (Å²) < 4.78 is 10.4. The van der Waals surface area contributed by atoms with Crippen molar-refractivity contribution in [2.24, 2.45) is 0 Å². The molecule has 16 heavy (non-hydrogen) atoms. The number of hydrogen-bond donors (Lipinski definition) is 0. The third kappa shape index (κ3) is 4.93. The smallest absolute Gasteiger partial charge is 0.0978 e. The van der Waals surface area contributed by atoms with Gasteiger partial charge >= 0.3 is 0 Å². The van der Waals surface area contributed by atoms with Gasteiger partial charge in [0.2, 0.25) is 0 Å². The molecule has 1 saturated heterocycles. The van der Waals surface area contributed by atoms with Crippen molar-refractivity contribution in [3.63, 3.8) is 0 Å². The van der Waals surface area contributed by atoms with Crippen LogP contribution >= 0.6 is 0 Å². The summed E-state index contributed by atoms with van der Waals surface area (Å²) in [5, 5.41) is 8.99. The lowest BCUT2D eigenvalue weighted by Crippen LogP contribution is -2.40. The van der Waals surface area contributed by atoms with Crippen molar-refractivity contribution >= 4 is 0 Å². The van der Waals surface area contributed by atoms with Crippen LogP contribution in [0, 0.1) is 11.3 Å². The van der Waals surface area contributed by atoms with Gasteiger partial charge in [0, 0.05) is 26.9 Å². The molecule has 0 spiro atoms. The second-order valence-corrected chi connectivity index (χ2v) is 4.14. The lowest BCUT2D eigenvalue weighted by Gasteiger charge is -2.30. The molecular formula is C12H22N2O2. The number of hydrogen-bond acceptors (Lipinski definition) is 4. The minimum Gasteiger partial charge on any atom is -0.385 e. The number of ether oxygens (including phenoxy) is 2. The first kappa shape index (κ1) is 13.4. The van der Waals surface area contributed by atoms with Crippen molar-refractivity contribution in [2.75, 3.05) is 40.0 Å². The predicted molar refractivity (Wildman–Crippen MR) is 62.1 cm³/mol. The Morgan fingerprint density at radius 2 is 2.19 bits per heavy atom. The average Bonchev–Trinajstić information content (AvgIpc) is 2.34. The van der Waals surface area contributed by atoms with Gasteiger partial charge in [-0.3, -0.25) is 4.90 Å². The van der Waals surface area contributed by atoms with Crippen LogP contribution in [0.4, 0.5) is 0 Å². The summed E-state index contributed by atoms with van der Waals surface area (Å²) in [6.07, 6.45) is 4.35. The fourth-order valence-corrected chi connectivity index (χ4v) is 1.99. The molecular weight excluding hydrogens is 204 g/mol. The molecule has 0 N–H and O–H groups in total. The molecule has 0 radical (unpaired) electrons. The highest BCUT2D eigenvalue weighted by Crippen LogP contribution is 2.15. The van der Waals surface area contributed by atoms with Crippen LogP contribution in [0.2, 0.25) is 0 Å². The van der Waals surface area contributed by atoms with Crippen LogP contribution in [0.5, 0.6) is 0 Å². The molecule has 1 unspecified atom stereocenters. The Kier molecular flexibility index (Phi) is 7.15. The molecule has 1 aliphatic rings. The normalized spacial score (nSPS) is 21.9. The summed E-state index contributed by atoms with van der Waals surface area (Å²) in [7, 11) is 1.70. The van der Waals surface area contributed by atoms with Gasteiger partial charge in [0.25, 0.3) is 0 Å². The zero-order chi connectivity index (χ0) is 11.6. The van der Waals surface area contributed by atoms with Gasteiger partial charge in [0.1, 0.15) is 0 Å². The molecule has 4 heteroatoms. The summed E-state index contributed by atoms with van der Waals surface area (Å²) in [6, 6.07) is 2.47. The number of piperidine rings is 1. The van der Waals surface area contributed by atoms with Crippen LogP contribution in [0.1, 0.15) is 25.7 Å². The first-order valence-corrected chi connectivity index (χ1v) is 6.09. The van der Waals surface area contributed by atoms with E-state index in [9.17, 15) is 0 Å². The van der Waals surface area contributed by atoms with Crippen LogP contribution in [-0.4, -0.2) is 51.0 Å². The van der Waals surface area contributed by atoms with Crippen molar-refractivity contribution in [3.8, 4) is 6.07 Å². The lowest BCUT2D eigenvalue weighted by molar-refractivity contribution is 0.0707. The van der Waals surface area contributed by atoms with Crippen molar-refractivity contribution in [2.45, 2.75) is 31.7 Å². The molecule has 4 nitrogen and oxygen atoms in total. The van der Waals surface area contributed by atoms with E-state index in [4.69, 9.17) is 14.7 Å². The van der Waals surface area contributed by atoms with Crippen LogP contribution in [0.25, 0.3) is 0 Å². The maximum atomic E-state index is 8.99. The van der Waals surface area contributed by atoms with E-state index in [1.807, 2.05) is 0 Å². The van der Waals surface area contributed by atoms with Gasteiger partial charge in [-0.1, -0.05) is 0 Å². The molecule has 1 atom stereocenters. The number of nitrogens with zero attached hydrogens (tertiary/aromatic N) is 2. The van der Waals surface area contributed by atoms with E-state index in [-0.39, 0.29) is 6.04 Å². The average molecular weight is 226 g/mol. The second-order valence-electron chi connectivity index (χ2n) is 4.14. The Morgan fingerprint density at radius 1 is 1.31 bits per heavy atom. The van der Waals surface area contributed by atoms with E-state index >= 15 is 0 Å². The van der Waals surface area contributed by atoms with E-state index in [1.54, 1.807) is 7.11 Å². The molecule has 1 rings (SSSR count). The Hall–Kier alpha value is -0.630. The van der Waals surface area contributed by atoms with Crippen molar-refractivity contribution in [1.29, 1.82) is 5.26 Å². The number of likely N-dealkylation sites (tertiary alicyclic amines) is 1. The molecule has 0 aromatic carbocycles. The minimum absolute atomic E-state index is 0.108. The van der Waals surface area contributed by atoms with Crippen LogP contribution < -0.4 is 0 Å². The monoisotopic (exact) mass is 226 g/mol. The fraction of sp³-hybridized carbons (Fsp3) is 0.917. The predicted octanol–water partition coefficient (Wildman–Crippen LogP) is 1.42. The van der Waals surface area contributed by atoms with E-state index in [2.05, 4.69) is 11.0 Å². The summed E-state index contributed by atoms with van der Waals surface area (Å²) in [5.74, 6) is 0. The highest BCUT2D eigenvalue weighted by Gasteiger charge is 2.20. The summed E-state index contributed by atoms with van der Waals surface area (Å²) >= 11 is 0. The van der Waals surface area contributed by atoms with E-state index in [1.165, 1.54) is 12.8 Å². The molecule has 0 saturated carbocycles. The standard InChI is InChI=1S/C12H22N2O2/c1-15-8-4-9-16-10-7-14-6-3-2-5-12(14)11-13/h12H,2-10H2,1H3. The van der Waals surface area contributed by atoms with Gasteiger partial charge in [-0.25, -0.2) is 0 Å². The molecule has 1 aliphatic heterocycles. The summed E-state index contributed by atoms with van der Waals surface area (Å²) in [5.41, 5.74) is 0. The van der Waals surface area contributed by atoms with Gasteiger partial charge < -0.3 is 9.47 Å². The molecule has 0 aliphatic carbocycles. The zero-order valence-electron chi connectivity index (χ0n) is 10.2. The Balaban J connectivity index is 2.04. The quantitative estimate of drug-likeness (QED) is 0.616. The summed E-state index contributed by atoms with van der Waals surface area (Å²) in [6.45, 7) is 4.15. The lowest BCUT2D eigenvalue weighted by atomic mass is 10.0. The van der Waals surface area contributed by atoms with E-state index in [0.717, 1.165) is 45.8 Å². The third-order valence-electron chi connectivity index (χ3n) is 2.92. The van der Waals surface area contributed by atoms with Crippen LogP contribution in [0.3, 0.4) is 0 Å². The van der Waals surface area contributed by atoms with Crippen molar-refractivity contribution < 1.29 is 9.47 Å². The SMILES string of the molecule is COCCCOCCN1CCCCC1C#N. The molecule has 1 fully saturated rings. The van der Waals surface area contributed by atoms with Gasteiger partial charge in [0.15, 0.2) is 0 Å². The Bertz CT molecular complexity index is 216. The Morgan fingerprint density at radius 3 is 2.94 bits per heavy atom. The Labute approximate surface area is 98.1 Å². The van der Waals surface area contributed by atoms with Gasteiger partial charge in [-0.2, -0.15) is 5.26 Å². The minimum atomic E-state index is 0.108. The van der Waals surface area contributed by atoms with Crippen molar-refractivity contribution in [1.82, 2.24) is 4.90 Å². The maximum absolute atomic E-state index is 8.99. The molecule has 92 valence electrons. The molecule has 0 bridgehead atoms. The highest BCUT2D eigenvalue weighted by molar-refractivity contribution is 4.93. The van der Waals surface area contributed by atoms with Crippen molar-refractivity contribution in [3.05, 3.63) is 0 Å². The second kappa shape index (κ2) is 8.51. The van der Waals surface area contributed by atoms with E-state index < -0.39 is 0 Å². The highest BCUT2D eigenvalue weighted by atomic mass is 16.5. The van der Waals surface area contributed by atoms with Gasteiger partial charge in [-0.05, 0) is 32.2 Å². The molecule has 1 heterocycles. The van der Waals surface area contributed by atoms with Gasteiger partial charge in [0.05, 0.1) is 18.7 Å². The number of nitriles is 1. The van der Waals surface area contributed by atoms with Crippen LogP contribution in [0.15, 0.2) is 0 Å². The third-order valence-corrected chi connectivity index (χ3v) is 2.92. The molecule has 0 aromatic rings. The molecule has 0 amide bonds. The topological polar surface area (TPSA) is 45.5 Å². The maximum Gasteiger partial charge on any atom is 0.0978 e. The molecule has 0 aromatic heterocycles. The first-order chi connectivity index (χ1) is 7.88. The first-order valence-electron chi connectivity index (χ1n) is 6.09. The van der Waals surface area contributed by atoms with E-state index in [0.29, 0.717) is 0 Å². The zero-order valence-corrected chi connectivity index (χ0v) is 10.2. The number of methoxy groups -OCH3 is 1. The van der Waals surface area contributed by atoms with Crippen LogP contribution in [-0.2, 0) is 9.47 Å². The largest absolute Gasteiger partial charge is 0.385 e. The van der Waals surface area contributed by atoms with Gasteiger partial charge in [-0.15, -0.1) is 0 Å². The number of rotatable bonds is 7.